The Morgan fingerprint density at radius 2 is 0.826 bits per heavy atom. The second-order valence-corrected chi connectivity index (χ2v) is 20.2. The van der Waals surface area contributed by atoms with E-state index in [1.165, 1.54) is 16.7 Å². The zero-order valence-electron chi connectivity index (χ0n) is 37.5. The summed E-state index contributed by atoms with van der Waals surface area (Å²) in [5.41, 5.74) is 13.9. The van der Waals surface area contributed by atoms with E-state index in [4.69, 9.17) is 24.2 Å². The molecule has 2 aromatic heterocycles. The van der Waals surface area contributed by atoms with Crippen LogP contribution in [0.3, 0.4) is 0 Å². The molecule has 8 heteroatoms. The molecule has 5 nitrogen and oxygen atoms in total. The summed E-state index contributed by atoms with van der Waals surface area (Å²) in [7, 11) is 0. The molecule has 0 aliphatic heterocycles. The highest BCUT2D eigenvalue weighted by Gasteiger charge is 2.38. The molecule has 0 saturated carbocycles. The third kappa shape index (κ3) is 9.40. The average Bonchev–Trinajstić information content (AvgIpc) is 3.60. The van der Waals surface area contributed by atoms with Crippen LogP contribution in [0.5, 0.6) is 34.5 Å². The van der Waals surface area contributed by atoms with E-state index in [1.807, 2.05) is 109 Å². The first-order valence-electron chi connectivity index (χ1n) is 22.5. The van der Waals surface area contributed by atoms with E-state index in [1.54, 1.807) is 0 Å². The largest absolute Gasteiger partial charge is 0.457 e. The predicted molar refractivity (Wildman–Crippen MR) is 289 cm³/mol. The van der Waals surface area contributed by atoms with Gasteiger partial charge in [0.1, 0.15) is 34.5 Å². The fraction of sp³-hybridized carbons (Fsp3) is 0.0492. The van der Waals surface area contributed by atoms with E-state index in [0.717, 1.165) is 86.6 Å². The lowest BCUT2D eigenvalue weighted by molar-refractivity contribution is 0.460. The molecule has 0 bridgehead atoms. The molecule has 8 aromatic carbocycles. The monoisotopic (exact) mass is 1090 g/mol. The molecular formula is C61H41Br3N2O3. The Balaban J connectivity index is 0.892. The van der Waals surface area contributed by atoms with E-state index in [9.17, 15) is 0 Å². The second kappa shape index (κ2) is 18.8. The second-order valence-electron chi connectivity index (χ2n) is 17.4. The number of hydrogen-bond donors (Lipinski definition) is 0. The van der Waals surface area contributed by atoms with Gasteiger partial charge in [-0.1, -0.05) is 165 Å². The SMILES string of the molecule is CC1(C)c2ccccc2-c2c(Oc3cccc(Br)c3)cc(-c3cccc(-c4ccc(-c5cc(Br)cc(Oc6cc(Oc7cccc(Br)c7)cc(-c7cccc(-c8ccccc8)n7)c6)c5)cc4)n3)cc21. The van der Waals surface area contributed by atoms with E-state index in [2.05, 4.69) is 165 Å². The summed E-state index contributed by atoms with van der Waals surface area (Å²) in [4.78, 5) is 10.3. The Bertz CT molecular complexity index is 3560. The highest BCUT2D eigenvalue weighted by atomic mass is 79.9. The predicted octanol–water partition coefficient (Wildman–Crippen LogP) is 18.8. The van der Waals surface area contributed by atoms with E-state index in [-0.39, 0.29) is 5.41 Å². The Labute approximate surface area is 426 Å². The molecule has 1 aliphatic rings. The van der Waals surface area contributed by atoms with Gasteiger partial charge in [-0.15, -0.1) is 0 Å². The number of ether oxygens (including phenoxy) is 3. The van der Waals surface area contributed by atoms with E-state index >= 15 is 0 Å². The molecule has 334 valence electrons. The van der Waals surface area contributed by atoms with Crippen molar-refractivity contribution in [1.82, 2.24) is 9.97 Å². The number of fused-ring (bicyclic) bond motifs is 3. The van der Waals surface area contributed by atoms with Gasteiger partial charge in [0.25, 0.3) is 0 Å². The Morgan fingerprint density at radius 1 is 0.333 bits per heavy atom. The van der Waals surface area contributed by atoms with Crippen LogP contribution in [0, 0.1) is 0 Å². The molecule has 0 fully saturated rings. The zero-order valence-corrected chi connectivity index (χ0v) is 42.2. The van der Waals surface area contributed by atoms with Crippen molar-refractivity contribution in [1.29, 1.82) is 0 Å². The van der Waals surface area contributed by atoms with Gasteiger partial charge in [-0.05, 0) is 131 Å². The summed E-state index contributed by atoms with van der Waals surface area (Å²) in [5, 5.41) is 0. The third-order valence-electron chi connectivity index (χ3n) is 12.4. The summed E-state index contributed by atoms with van der Waals surface area (Å²) in [6.07, 6.45) is 0. The van der Waals surface area contributed by atoms with Crippen LogP contribution in [0.15, 0.2) is 226 Å². The molecule has 69 heavy (non-hydrogen) atoms. The minimum atomic E-state index is -0.226. The van der Waals surface area contributed by atoms with Crippen LogP contribution in [-0.2, 0) is 5.41 Å². The molecular weight excluding hydrogens is 1050 g/mol. The number of rotatable bonds is 11. The lowest BCUT2D eigenvalue weighted by atomic mass is 9.81. The van der Waals surface area contributed by atoms with Gasteiger partial charge in [0.15, 0.2) is 0 Å². The number of aromatic nitrogens is 2. The third-order valence-corrected chi connectivity index (χ3v) is 13.8. The lowest BCUT2D eigenvalue weighted by Gasteiger charge is -2.22. The summed E-state index contributed by atoms with van der Waals surface area (Å²) < 4.78 is 22.6. The maximum absolute atomic E-state index is 6.73. The van der Waals surface area contributed by atoms with Gasteiger partial charge in [-0.25, -0.2) is 9.97 Å². The quantitative estimate of drug-likeness (QED) is 0.129. The molecule has 0 amide bonds. The van der Waals surface area contributed by atoms with Gasteiger partial charge < -0.3 is 14.2 Å². The van der Waals surface area contributed by atoms with E-state index in [0.29, 0.717) is 23.0 Å². The Hall–Kier alpha value is -7.10. The lowest BCUT2D eigenvalue weighted by Crippen LogP contribution is -2.15. The first-order chi connectivity index (χ1) is 33.6. The molecule has 0 radical (unpaired) electrons. The van der Waals surface area contributed by atoms with Crippen LogP contribution >= 0.6 is 47.8 Å². The van der Waals surface area contributed by atoms with Gasteiger partial charge >= 0.3 is 0 Å². The molecule has 2 heterocycles. The summed E-state index contributed by atoms with van der Waals surface area (Å²) in [6, 6.07) is 71.8. The number of hydrogen-bond acceptors (Lipinski definition) is 5. The molecule has 0 atom stereocenters. The standard InChI is InChI=1S/C61H41Br3N2O3/c1-61(2)53-19-7-6-18-52(53)60-54(61)32-43(33-59(60)69-48-17-9-15-45(63)35-48)58-23-11-21-56(66-58)40-26-24-38(25-27-40)41-28-46(64)36-49(29-41)68-51-31-42(30-50(37-51)67-47-16-8-14-44(62)34-47)57-22-10-20-55(65-57)39-12-4-3-5-13-39/h3-37H,1-2H3. The van der Waals surface area contributed by atoms with Gasteiger partial charge in [0, 0.05) is 52.7 Å². The van der Waals surface area contributed by atoms with Crippen molar-refractivity contribution < 1.29 is 14.2 Å². The fourth-order valence-corrected chi connectivity index (χ4v) is 10.3. The molecule has 10 aromatic rings. The highest BCUT2D eigenvalue weighted by molar-refractivity contribution is 9.11. The van der Waals surface area contributed by atoms with Crippen molar-refractivity contribution in [2.45, 2.75) is 19.3 Å². The van der Waals surface area contributed by atoms with Crippen molar-refractivity contribution in [2.24, 2.45) is 0 Å². The number of halogens is 3. The maximum atomic E-state index is 6.73. The minimum Gasteiger partial charge on any atom is -0.457 e. The van der Waals surface area contributed by atoms with Gasteiger partial charge in [0.2, 0.25) is 0 Å². The average molecular weight is 1090 g/mol. The molecule has 0 spiro atoms. The van der Waals surface area contributed by atoms with Gasteiger partial charge in [0.05, 0.1) is 22.8 Å². The van der Waals surface area contributed by atoms with Crippen molar-refractivity contribution in [3.8, 4) is 102 Å². The minimum absolute atomic E-state index is 0.226. The van der Waals surface area contributed by atoms with Crippen LogP contribution in [-0.4, -0.2) is 9.97 Å². The van der Waals surface area contributed by atoms with Crippen LogP contribution in [0.1, 0.15) is 25.0 Å². The van der Waals surface area contributed by atoms with Crippen molar-refractivity contribution in [3.05, 3.63) is 237 Å². The Kier molecular flexibility index (Phi) is 12.1. The summed E-state index contributed by atoms with van der Waals surface area (Å²) >= 11 is 11.0. The van der Waals surface area contributed by atoms with Crippen molar-refractivity contribution >= 4 is 47.8 Å². The number of nitrogens with zero attached hydrogens (tertiary/aromatic N) is 2. The first-order valence-corrected chi connectivity index (χ1v) is 24.9. The molecule has 0 saturated heterocycles. The fourth-order valence-electron chi connectivity index (χ4n) is 9.05. The zero-order chi connectivity index (χ0) is 47.1. The first kappa shape index (κ1) is 44.4. The van der Waals surface area contributed by atoms with E-state index < -0.39 is 0 Å². The summed E-state index contributed by atoms with van der Waals surface area (Å²) in [6.45, 7) is 4.58. The summed E-state index contributed by atoms with van der Waals surface area (Å²) in [5.74, 6) is 4.16. The Morgan fingerprint density at radius 3 is 1.48 bits per heavy atom. The topological polar surface area (TPSA) is 53.5 Å². The number of benzene rings is 8. The molecule has 0 unspecified atom stereocenters. The number of pyridine rings is 2. The van der Waals surface area contributed by atoms with Crippen LogP contribution in [0.2, 0.25) is 0 Å². The van der Waals surface area contributed by atoms with Gasteiger partial charge in [-0.3, -0.25) is 0 Å². The van der Waals surface area contributed by atoms with Crippen molar-refractivity contribution in [3.63, 3.8) is 0 Å². The smallest absolute Gasteiger partial charge is 0.136 e. The molecule has 0 N–H and O–H groups in total. The normalized spacial score (nSPS) is 12.2. The van der Waals surface area contributed by atoms with Crippen molar-refractivity contribution in [2.75, 3.05) is 0 Å². The van der Waals surface area contributed by atoms with Crippen LogP contribution in [0.25, 0.3) is 67.3 Å². The maximum Gasteiger partial charge on any atom is 0.136 e. The molecule has 11 rings (SSSR count). The van der Waals surface area contributed by atoms with Gasteiger partial charge in [-0.2, -0.15) is 0 Å². The van der Waals surface area contributed by atoms with Crippen LogP contribution in [0.4, 0.5) is 0 Å². The highest BCUT2D eigenvalue weighted by Crippen LogP contribution is 2.54. The molecule has 1 aliphatic carbocycles. The van der Waals surface area contributed by atoms with Crippen LogP contribution < -0.4 is 14.2 Å².